The van der Waals surface area contributed by atoms with Crippen LogP contribution in [0.1, 0.15) is 22.0 Å². The fourth-order valence-electron chi connectivity index (χ4n) is 2.06. The fourth-order valence-corrected chi connectivity index (χ4v) is 3.01. The van der Waals surface area contributed by atoms with Crippen molar-refractivity contribution >= 4 is 28.8 Å². The maximum absolute atomic E-state index is 13.7. The molecule has 1 aromatic carbocycles. The number of carbonyl (C=O) groups excluding carboxylic acids is 1. The lowest BCUT2D eigenvalue weighted by atomic mass is 10.1. The summed E-state index contributed by atoms with van der Waals surface area (Å²) in [6, 6.07) is 6.25. The Bertz CT molecular complexity index is 596. The third-order valence-electron chi connectivity index (χ3n) is 3.20. The van der Waals surface area contributed by atoms with Gasteiger partial charge in [-0.15, -0.1) is 0 Å². The Morgan fingerprint density at radius 2 is 2.19 bits per heavy atom. The lowest BCUT2D eigenvalue weighted by Crippen LogP contribution is -2.34. The van der Waals surface area contributed by atoms with Gasteiger partial charge in [0.05, 0.1) is 16.6 Å². The molecule has 0 radical (unpaired) electrons. The monoisotopic (exact) mass is 326 g/mol. The van der Waals surface area contributed by atoms with Crippen molar-refractivity contribution in [2.45, 2.75) is 6.04 Å². The highest BCUT2D eigenvalue weighted by atomic mass is 35.5. The summed E-state index contributed by atoms with van der Waals surface area (Å²) in [5, 5.41) is 6.89. The minimum absolute atomic E-state index is 0.0331. The van der Waals surface area contributed by atoms with Gasteiger partial charge in [0.2, 0.25) is 0 Å². The molecule has 0 aliphatic rings. The van der Waals surface area contributed by atoms with E-state index in [0.717, 1.165) is 5.56 Å². The highest BCUT2D eigenvalue weighted by molar-refractivity contribution is 7.07. The molecule has 112 valence electrons. The Hall–Kier alpha value is -1.43. The fraction of sp³-hybridized carbons (Fsp3) is 0.267. The van der Waals surface area contributed by atoms with Gasteiger partial charge in [0.1, 0.15) is 5.82 Å². The van der Waals surface area contributed by atoms with E-state index in [9.17, 15) is 9.18 Å². The van der Waals surface area contributed by atoms with E-state index >= 15 is 0 Å². The summed E-state index contributed by atoms with van der Waals surface area (Å²) in [7, 11) is 3.87. The number of carbonyl (C=O) groups is 1. The van der Waals surface area contributed by atoms with Crippen LogP contribution in [-0.2, 0) is 0 Å². The van der Waals surface area contributed by atoms with Gasteiger partial charge in [-0.1, -0.05) is 17.7 Å². The van der Waals surface area contributed by atoms with Crippen molar-refractivity contribution in [2.75, 3.05) is 20.6 Å². The predicted octanol–water partition coefficient (Wildman–Crippen LogP) is 3.57. The minimum Gasteiger partial charge on any atom is -0.350 e. The van der Waals surface area contributed by atoms with Crippen LogP contribution in [0.15, 0.2) is 35.0 Å². The molecule has 0 unspecified atom stereocenters. The zero-order valence-electron chi connectivity index (χ0n) is 11.8. The number of rotatable bonds is 5. The van der Waals surface area contributed by atoms with Crippen molar-refractivity contribution in [3.63, 3.8) is 0 Å². The summed E-state index contributed by atoms with van der Waals surface area (Å²) >= 11 is 7.49. The van der Waals surface area contributed by atoms with Crippen LogP contribution < -0.4 is 5.32 Å². The average molecular weight is 327 g/mol. The molecule has 1 amide bonds. The number of hydrogen-bond donors (Lipinski definition) is 1. The second kappa shape index (κ2) is 7.02. The highest BCUT2D eigenvalue weighted by Crippen LogP contribution is 2.21. The Kier molecular flexibility index (Phi) is 5.33. The van der Waals surface area contributed by atoms with Crippen LogP contribution >= 0.6 is 22.9 Å². The maximum Gasteiger partial charge on any atom is 0.255 e. The van der Waals surface area contributed by atoms with Crippen molar-refractivity contribution in [1.82, 2.24) is 10.2 Å². The molecular formula is C15H16ClFN2OS. The molecule has 2 aromatic rings. The molecular weight excluding hydrogens is 311 g/mol. The van der Waals surface area contributed by atoms with Gasteiger partial charge in [-0.25, -0.2) is 4.39 Å². The van der Waals surface area contributed by atoms with Gasteiger partial charge in [-0.05, 0) is 48.6 Å². The molecule has 1 atom stereocenters. The first kappa shape index (κ1) is 15.9. The van der Waals surface area contributed by atoms with Crippen LogP contribution in [0.25, 0.3) is 0 Å². The molecule has 0 saturated carbocycles. The molecule has 6 heteroatoms. The molecule has 1 heterocycles. The smallest absolute Gasteiger partial charge is 0.255 e. The third kappa shape index (κ3) is 3.81. The van der Waals surface area contributed by atoms with Gasteiger partial charge in [0.25, 0.3) is 5.91 Å². The van der Waals surface area contributed by atoms with Crippen molar-refractivity contribution in [3.05, 3.63) is 57.0 Å². The van der Waals surface area contributed by atoms with E-state index in [1.54, 1.807) is 11.3 Å². The first-order chi connectivity index (χ1) is 10.0. The maximum atomic E-state index is 13.7. The standard InChI is InChI=1S/C15H16ClFN2OS/c1-19(2)13(10-6-7-21-9-10)8-18-15(20)14-11(16)4-3-5-12(14)17/h3-7,9,13H,8H2,1-2H3,(H,18,20)/t13-/m1/s1. The third-order valence-corrected chi connectivity index (χ3v) is 4.21. The molecule has 3 nitrogen and oxygen atoms in total. The molecule has 0 aliphatic carbocycles. The van der Waals surface area contributed by atoms with Crippen molar-refractivity contribution in [3.8, 4) is 0 Å². The molecule has 1 aromatic heterocycles. The van der Waals surface area contributed by atoms with E-state index in [1.165, 1.54) is 18.2 Å². The Morgan fingerprint density at radius 3 is 2.76 bits per heavy atom. The summed E-state index contributed by atoms with van der Waals surface area (Å²) in [5.41, 5.74) is 1.01. The van der Waals surface area contributed by atoms with Crippen LogP contribution in [0.2, 0.25) is 5.02 Å². The van der Waals surface area contributed by atoms with Crippen LogP contribution in [0.5, 0.6) is 0 Å². The summed E-state index contributed by atoms with van der Waals surface area (Å²) in [5.74, 6) is -1.11. The lowest BCUT2D eigenvalue weighted by Gasteiger charge is -2.24. The van der Waals surface area contributed by atoms with Crippen LogP contribution in [-0.4, -0.2) is 31.4 Å². The van der Waals surface area contributed by atoms with E-state index in [0.29, 0.717) is 6.54 Å². The normalized spacial score (nSPS) is 12.4. The first-order valence-corrected chi connectivity index (χ1v) is 7.73. The molecule has 1 N–H and O–H groups in total. The summed E-state index contributed by atoms with van der Waals surface area (Å²) in [4.78, 5) is 14.1. The zero-order chi connectivity index (χ0) is 15.4. The van der Waals surface area contributed by atoms with E-state index < -0.39 is 11.7 Å². The zero-order valence-corrected chi connectivity index (χ0v) is 13.3. The minimum atomic E-state index is -0.614. The first-order valence-electron chi connectivity index (χ1n) is 6.41. The highest BCUT2D eigenvalue weighted by Gasteiger charge is 2.19. The van der Waals surface area contributed by atoms with E-state index in [1.807, 2.05) is 35.8 Å². The predicted molar refractivity (Wildman–Crippen MR) is 84.5 cm³/mol. The second-order valence-electron chi connectivity index (χ2n) is 4.84. The summed E-state index contributed by atoms with van der Waals surface area (Å²) < 4.78 is 13.7. The number of thiophene rings is 1. The average Bonchev–Trinajstić information content (AvgIpc) is 2.92. The van der Waals surface area contributed by atoms with Crippen LogP contribution in [0, 0.1) is 5.82 Å². The van der Waals surface area contributed by atoms with Gasteiger partial charge in [-0.3, -0.25) is 4.79 Å². The molecule has 2 rings (SSSR count). The van der Waals surface area contributed by atoms with Gasteiger partial charge < -0.3 is 10.2 Å². The quantitative estimate of drug-likeness (QED) is 0.911. The van der Waals surface area contributed by atoms with Gasteiger partial charge in [0, 0.05) is 6.54 Å². The number of nitrogens with zero attached hydrogens (tertiary/aromatic N) is 1. The number of halogens is 2. The summed E-state index contributed by atoms with van der Waals surface area (Å²) in [6.07, 6.45) is 0. The molecule has 0 fully saturated rings. The lowest BCUT2D eigenvalue weighted by molar-refractivity contribution is 0.0938. The molecule has 0 spiro atoms. The van der Waals surface area contributed by atoms with Crippen molar-refractivity contribution in [1.29, 1.82) is 0 Å². The van der Waals surface area contributed by atoms with Crippen molar-refractivity contribution < 1.29 is 9.18 Å². The SMILES string of the molecule is CN(C)[C@H](CNC(=O)c1c(F)cccc1Cl)c1ccsc1. The Labute approximate surface area is 132 Å². The Balaban J connectivity index is 2.09. The molecule has 21 heavy (non-hydrogen) atoms. The number of benzene rings is 1. The number of amides is 1. The van der Waals surface area contributed by atoms with Crippen LogP contribution in [0.4, 0.5) is 4.39 Å². The van der Waals surface area contributed by atoms with E-state index in [4.69, 9.17) is 11.6 Å². The second-order valence-corrected chi connectivity index (χ2v) is 6.03. The van der Waals surface area contributed by atoms with E-state index in [2.05, 4.69) is 5.32 Å². The largest absolute Gasteiger partial charge is 0.350 e. The molecule has 0 saturated heterocycles. The molecule has 0 bridgehead atoms. The topological polar surface area (TPSA) is 32.3 Å². The molecule has 0 aliphatic heterocycles. The number of nitrogens with one attached hydrogen (secondary N) is 1. The van der Waals surface area contributed by atoms with Crippen LogP contribution in [0.3, 0.4) is 0 Å². The van der Waals surface area contributed by atoms with Crippen molar-refractivity contribution in [2.24, 2.45) is 0 Å². The van der Waals surface area contributed by atoms with Gasteiger partial charge >= 0.3 is 0 Å². The Morgan fingerprint density at radius 1 is 1.43 bits per heavy atom. The van der Waals surface area contributed by atoms with E-state index in [-0.39, 0.29) is 16.6 Å². The number of likely N-dealkylation sites (N-methyl/N-ethyl adjacent to an activating group) is 1. The van der Waals surface area contributed by atoms with Gasteiger partial charge in [0.15, 0.2) is 0 Å². The number of hydrogen-bond acceptors (Lipinski definition) is 3. The van der Waals surface area contributed by atoms with Gasteiger partial charge in [-0.2, -0.15) is 11.3 Å². The summed E-state index contributed by atoms with van der Waals surface area (Å²) in [6.45, 7) is 0.382.